The van der Waals surface area contributed by atoms with Gasteiger partial charge in [0.25, 0.3) is 0 Å². The molecule has 96 valence electrons. The molecule has 0 aromatic heterocycles. The molecule has 0 bridgehead atoms. The van der Waals surface area contributed by atoms with Crippen LogP contribution in [0.2, 0.25) is 5.02 Å². The lowest BCUT2D eigenvalue weighted by Gasteiger charge is -2.19. The highest BCUT2D eigenvalue weighted by Gasteiger charge is 2.14. The van der Waals surface area contributed by atoms with Gasteiger partial charge in [0, 0.05) is 18.6 Å². The van der Waals surface area contributed by atoms with Gasteiger partial charge in [-0.25, -0.2) is 4.39 Å². The first kappa shape index (κ1) is 16.2. The van der Waals surface area contributed by atoms with Crippen molar-refractivity contribution in [3.05, 3.63) is 34.6 Å². The first-order valence-corrected chi connectivity index (χ1v) is 5.24. The number of hydrogen-bond acceptors (Lipinski definition) is 2. The van der Waals surface area contributed by atoms with Crippen LogP contribution in [0.25, 0.3) is 0 Å². The van der Waals surface area contributed by atoms with Gasteiger partial charge in [0.05, 0.1) is 6.04 Å². The van der Waals surface area contributed by atoms with E-state index in [1.807, 2.05) is 0 Å². The molecule has 0 aliphatic rings. The lowest BCUT2D eigenvalue weighted by molar-refractivity contribution is -0.131. The highest BCUT2D eigenvalue weighted by Crippen LogP contribution is 2.18. The van der Waals surface area contributed by atoms with Crippen molar-refractivity contribution in [2.24, 2.45) is 5.73 Å². The predicted octanol–water partition coefficient (Wildman–Crippen LogP) is 2.21. The summed E-state index contributed by atoms with van der Waals surface area (Å²) in [5.41, 5.74) is 6.16. The van der Waals surface area contributed by atoms with Gasteiger partial charge in [0.2, 0.25) is 5.91 Å². The summed E-state index contributed by atoms with van der Waals surface area (Å²) in [5, 5.41) is 0.310. The van der Waals surface area contributed by atoms with Crippen LogP contribution < -0.4 is 5.73 Å². The van der Waals surface area contributed by atoms with E-state index in [4.69, 9.17) is 17.3 Å². The number of carbonyl (C=O) groups excluding carboxylic acids is 1. The number of hydrogen-bond donors (Lipinski definition) is 1. The van der Waals surface area contributed by atoms with Gasteiger partial charge in [-0.15, -0.1) is 12.4 Å². The normalized spacial score (nSPS) is 11.6. The fourth-order valence-electron chi connectivity index (χ4n) is 1.33. The van der Waals surface area contributed by atoms with Gasteiger partial charge in [0.15, 0.2) is 0 Å². The van der Waals surface area contributed by atoms with Crippen LogP contribution in [0, 0.1) is 5.82 Å². The van der Waals surface area contributed by atoms with Gasteiger partial charge in [0.1, 0.15) is 5.82 Å². The number of nitrogens with zero attached hydrogens (tertiary/aromatic N) is 1. The number of benzene rings is 1. The Morgan fingerprint density at radius 3 is 2.65 bits per heavy atom. The van der Waals surface area contributed by atoms with Crippen molar-refractivity contribution >= 4 is 29.9 Å². The molecule has 0 fully saturated rings. The third-order valence-electron chi connectivity index (χ3n) is 2.19. The second-order valence-electron chi connectivity index (χ2n) is 3.72. The first-order valence-electron chi connectivity index (χ1n) is 4.86. The molecule has 0 radical (unpaired) electrons. The summed E-state index contributed by atoms with van der Waals surface area (Å²) in [7, 11) is 1.63. The summed E-state index contributed by atoms with van der Waals surface area (Å²) in [6.07, 6.45) is 0. The van der Waals surface area contributed by atoms with Gasteiger partial charge in [-0.05, 0) is 24.6 Å². The van der Waals surface area contributed by atoms with E-state index < -0.39 is 11.9 Å². The van der Waals surface area contributed by atoms with Crippen LogP contribution in [0.3, 0.4) is 0 Å². The second kappa shape index (κ2) is 6.79. The maximum absolute atomic E-state index is 12.8. The first-order chi connectivity index (χ1) is 7.41. The van der Waals surface area contributed by atoms with Crippen molar-refractivity contribution < 1.29 is 9.18 Å². The minimum atomic E-state index is -0.552. The van der Waals surface area contributed by atoms with E-state index in [9.17, 15) is 9.18 Å². The van der Waals surface area contributed by atoms with E-state index in [1.165, 1.54) is 17.0 Å². The Balaban J connectivity index is 0.00000256. The zero-order valence-electron chi connectivity index (χ0n) is 9.61. The predicted molar refractivity (Wildman–Crippen MR) is 68.8 cm³/mol. The van der Waals surface area contributed by atoms with E-state index in [1.54, 1.807) is 20.0 Å². The van der Waals surface area contributed by atoms with Crippen LogP contribution in [0.5, 0.6) is 0 Å². The summed E-state index contributed by atoms with van der Waals surface area (Å²) in [6.45, 7) is 1.94. The minimum Gasteiger partial charge on any atom is -0.340 e. The van der Waals surface area contributed by atoms with E-state index in [0.717, 1.165) is 0 Å². The maximum atomic E-state index is 12.8. The highest BCUT2D eigenvalue weighted by molar-refractivity contribution is 6.31. The topological polar surface area (TPSA) is 46.3 Å². The molecule has 0 spiro atoms. The summed E-state index contributed by atoms with van der Waals surface area (Å²) >= 11 is 5.85. The van der Waals surface area contributed by atoms with E-state index >= 15 is 0 Å². The van der Waals surface area contributed by atoms with Gasteiger partial charge < -0.3 is 10.6 Å². The molecule has 0 aliphatic carbocycles. The van der Waals surface area contributed by atoms with Crippen LogP contribution in [0.4, 0.5) is 4.39 Å². The average molecular weight is 281 g/mol. The number of carbonyl (C=O) groups is 1. The Labute approximate surface area is 111 Å². The van der Waals surface area contributed by atoms with Gasteiger partial charge >= 0.3 is 0 Å². The van der Waals surface area contributed by atoms with Crippen molar-refractivity contribution in [1.29, 1.82) is 0 Å². The minimum absolute atomic E-state index is 0. The van der Waals surface area contributed by atoms with Crippen molar-refractivity contribution in [2.45, 2.75) is 19.5 Å². The molecule has 1 atom stereocenters. The van der Waals surface area contributed by atoms with Gasteiger partial charge in [-0.2, -0.15) is 0 Å². The SMILES string of the molecule is C[C@@H](N)C(=O)N(C)Cc1ccc(F)cc1Cl.Cl. The molecular weight excluding hydrogens is 266 g/mol. The molecule has 3 nitrogen and oxygen atoms in total. The number of amides is 1. The van der Waals surface area contributed by atoms with Crippen LogP contribution in [-0.4, -0.2) is 23.9 Å². The molecule has 6 heteroatoms. The monoisotopic (exact) mass is 280 g/mol. The molecule has 1 amide bonds. The standard InChI is InChI=1S/C11H14ClFN2O.ClH/c1-7(14)11(16)15(2)6-8-3-4-9(13)5-10(8)12;/h3-5,7H,6,14H2,1-2H3;1H/t7-;/m1./s1. The largest absolute Gasteiger partial charge is 0.340 e. The lowest BCUT2D eigenvalue weighted by atomic mass is 10.2. The molecule has 17 heavy (non-hydrogen) atoms. The molecule has 1 rings (SSSR count). The Kier molecular flexibility index (Phi) is 6.45. The van der Waals surface area contributed by atoms with Crippen molar-refractivity contribution in [2.75, 3.05) is 7.05 Å². The lowest BCUT2D eigenvalue weighted by Crippen LogP contribution is -2.39. The van der Waals surface area contributed by atoms with Crippen molar-refractivity contribution in [1.82, 2.24) is 4.90 Å². The third kappa shape index (κ3) is 4.50. The van der Waals surface area contributed by atoms with E-state index in [2.05, 4.69) is 0 Å². The fourth-order valence-corrected chi connectivity index (χ4v) is 1.56. The van der Waals surface area contributed by atoms with Gasteiger partial charge in [-0.3, -0.25) is 4.79 Å². The fraction of sp³-hybridized carbons (Fsp3) is 0.364. The molecule has 0 saturated carbocycles. The summed E-state index contributed by atoms with van der Waals surface area (Å²) < 4.78 is 12.8. The molecule has 0 unspecified atom stereocenters. The molecule has 0 aliphatic heterocycles. The summed E-state index contributed by atoms with van der Waals surface area (Å²) in [6, 6.07) is 3.54. The second-order valence-corrected chi connectivity index (χ2v) is 4.13. The Morgan fingerprint density at radius 2 is 2.18 bits per heavy atom. The molecule has 0 heterocycles. The molecule has 1 aromatic carbocycles. The molecular formula is C11H15Cl2FN2O. The average Bonchev–Trinajstić information content (AvgIpc) is 2.20. The number of likely N-dealkylation sites (N-methyl/N-ethyl adjacent to an activating group) is 1. The Hall–Kier alpha value is -0.840. The highest BCUT2D eigenvalue weighted by atomic mass is 35.5. The molecule has 2 N–H and O–H groups in total. The van der Waals surface area contributed by atoms with E-state index in [-0.39, 0.29) is 18.3 Å². The Morgan fingerprint density at radius 1 is 1.59 bits per heavy atom. The van der Waals surface area contributed by atoms with E-state index in [0.29, 0.717) is 17.1 Å². The number of halogens is 3. The third-order valence-corrected chi connectivity index (χ3v) is 2.54. The maximum Gasteiger partial charge on any atom is 0.239 e. The number of rotatable bonds is 3. The summed E-state index contributed by atoms with van der Waals surface area (Å²) in [4.78, 5) is 13.0. The zero-order valence-corrected chi connectivity index (χ0v) is 11.2. The number of nitrogens with two attached hydrogens (primary N) is 1. The zero-order chi connectivity index (χ0) is 12.3. The van der Waals surface area contributed by atoms with Crippen LogP contribution in [-0.2, 0) is 11.3 Å². The van der Waals surface area contributed by atoms with Crippen LogP contribution >= 0.6 is 24.0 Å². The van der Waals surface area contributed by atoms with Crippen LogP contribution in [0.1, 0.15) is 12.5 Å². The van der Waals surface area contributed by atoms with Crippen molar-refractivity contribution in [3.8, 4) is 0 Å². The quantitative estimate of drug-likeness (QED) is 0.923. The van der Waals surface area contributed by atoms with Crippen LogP contribution in [0.15, 0.2) is 18.2 Å². The van der Waals surface area contributed by atoms with Gasteiger partial charge in [-0.1, -0.05) is 17.7 Å². The molecule has 1 aromatic rings. The summed E-state index contributed by atoms with van der Waals surface area (Å²) in [5.74, 6) is -0.574. The van der Waals surface area contributed by atoms with Crippen molar-refractivity contribution in [3.63, 3.8) is 0 Å². The molecule has 0 saturated heterocycles. The smallest absolute Gasteiger partial charge is 0.239 e. The Bertz CT molecular complexity index is 399.